The highest BCUT2D eigenvalue weighted by atomic mass is 16.5. The van der Waals surface area contributed by atoms with Gasteiger partial charge in [0, 0.05) is 30.4 Å². The van der Waals surface area contributed by atoms with Gasteiger partial charge in [-0.15, -0.1) is 0 Å². The number of rotatable bonds is 7. The number of hydrogen-bond acceptors (Lipinski definition) is 3. The minimum absolute atomic E-state index is 0.132. The first kappa shape index (κ1) is 17.7. The number of nitrogens with zero attached hydrogens (tertiary/aromatic N) is 2. The fraction of sp³-hybridized carbons (Fsp3) is 0.182. The molecule has 3 aromatic rings. The second kappa shape index (κ2) is 8.30. The van der Waals surface area contributed by atoms with Gasteiger partial charge in [0.1, 0.15) is 12.4 Å². The van der Waals surface area contributed by atoms with Crippen molar-refractivity contribution < 1.29 is 9.53 Å². The molecule has 0 saturated carbocycles. The summed E-state index contributed by atoms with van der Waals surface area (Å²) in [5.74, 6) is 0.332. The van der Waals surface area contributed by atoms with Crippen LogP contribution in [-0.2, 0) is 29.1 Å². The fourth-order valence-electron chi connectivity index (χ4n) is 2.73. The summed E-state index contributed by atoms with van der Waals surface area (Å²) in [5.41, 5.74) is 3.86. The summed E-state index contributed by atoms with van der Waals surface area (Å²) in [4.78, 5) is 16.2. The lowest BCUT2D eigenvalue weighted by Gasteiger charge is -2.13. The Morgan fingerprint density at radius 2 is 1.65 bits per heavy atom. The zero-order valence-electron chi connectivity index (χ0n) is 14.9. The van der Waals surface area contributed by atoms with Gasteiger partial charge in [-0.2, -0.15) is 0 Å². The molecule has 0 bridgehead atoms. The van der Waals surface area contributed by atoms with Gasteiger partial charge in [-0.05, 0) is 18.1 Å². The first-order chi connectivity index (χ1) is 12.6. The van der Waals surface area contributed by atoms with E-state index in [2.05, 4.69) is 40.4 Å². The van der Waals surface area contributed by atoms with Gasteiger partial charge in [0.2, 0.25) is 0 Å². The molecule has 0 aliphatic heterocycles. The van der Waals surface area contributed by atoms with Gasteiger partial charge in [0.05, 0.1) is 0 Å². The largest absolute Gasteiger partial charge is 0.454 e. The van der Waals surface area contributed by atoms with Crippen LogP contribution in [0.2, 0.25) is 0 Å². The summed E-state index contributed by atoms with van der Waals surface area (Å²) in [5, 5.41) is 0. The van der Waals surface area contributed by atoms with Gasteiger partial charge >= 0.3 is 5.97 Å². The van der Waals surface area contributed by atoms with Gasteiger partial charge in [0.25, 0.3) is 0 Å². The Morgan fingerprint density at radius 3 is 2.27 bits per heavy atom. The molecule has 0 unspecified atom stereocenters. The standard InChI is InChI=1S/C22H22N2O2/c1-17(2)22(25)26-16-21-23-14-20(13-18-9-5-3-6-10-18)24(21)15-19-11-7-4-8-12-19/h3-12,14H,1,13,15-16H2,2H3. The van der Waals surface area contributed by atoms with Gasteiger partial charge in [-0.25, -0.2) is 9.78 Å². The highest BCUT2D eigenvalue weighted by molar-refractivity contribution is 5.86. The highest BCUT2D eigenvalue weighted by Gasteiger charge is 2.13. The molecular weight excluding hydrogens is 324 g/mol. The number of imidazole rings is 1. The van der Waals surface area contributed by atoms with E-state index in [0.717, 1.165) is 17.9 Å². The summed E-state index contributed by atoms with van der Waals surface area (Å²) in [6.07, 6.45) is 2.63. The number of aromatic nitrogens is 2. The first-order valence-electron chi connectivity index (χ1n) is 8.57. The Kier molecular flexibility index (Phi) is 5.64. The van der Waals surface area contributed by atoms with E-state index in [9.17, 15) is 4.79 Å². The number of carbonyl (C=O) groups excluding carboxylic acids is 1. The lowest BCUT2D eigenvalue weighted by atomic mass is 10.1. The van der Waals surface area contributed by atoms with Crippen molar-refractivity contribution in [1.29, 1.82) is 0 Å². The van der Waals surface area contributed by atoms with Crippen molar-refractivity contribution in [2.75, 3.05) is 0 Å². The molecule has 132 valence electrons. The Balaban J connectivity index is 1.86. The molecule has 1 heterocycles. The summed E-state index contributed by atoms with van der Waals surface area (Å²) in [6.45, 7) is 6.07. The maximum atomic E-state index is 11.7. The smallest absolute Gasteiger partial charge is 0.333 e. The Labute approximate surface area is 153 Å². The monoisotopic (exact) mass is 346 g/mol. The van der Waals surface area contributed by atoms with Crippen LogP contribution in [0.5, 0.6) is 0 Å². The number of hydrogen-bond donors (Lipinski definition) is 0. The van der Waals surface area contributed by atoms with E-state index < -0.39 is 5.97 Å². The minimum atomic E-state index is -0.399. The molecule has 0 amide bonds. The van der Waals surface area contributed by atoms with Crippen molar-refractivity contribution in [2.24, 2.45) is 0 Å². The average Bonchev–Trinajstić information content (AvgIpc) is 3.03. The molecule has 2 aromatic carbocycles. The maximum Gasteiger partial charge on any atom is 0.333 e. The SMILES string of the molecule is C=C(C)C(=O)OCc1ncc(Cc2ccccc2)n1Cc1ccccc1. The molecule has 4 heteroatoms. The molecule has 3 rings (SSSR count). The van der Waals surface area contributed by atoms with Crippen LogP contribution in [0, 0.1) is 0 Å². The fourth-order valence-corrected chi connectivity index (χ4v) is 2.73. The van der Waals surface area contributed by atoms with Crippen LogP contribution >= 0.6 is 0 Å². The third kappa shape index (κ3) is 4.48. The molecule has 0 N–H and O–H groups in total. The van der Waals surface area contributed by atoms with Gasteiger partial charge < -0.3 is 9.30 Å². The normalized spacial score (nSPS) is 10.5. The van der Waals surface area contributed by atoms with Crippen molar-refractivity contribution in [3.8, 4) is 0 Å². The summed E-state index contributed by atoms with van der Waals surface area (Å²) in [6, 6.07) is 20.5. The van der Waals surface area contributed by atoms with E-state index in [1.807, 2.05) is 42.6 Å². The second-order valence-corrected chi connectivity index (χ2v) is 6.26. The topological polar surface area (TPSA) is 44.1 Å². The zero-order chi connectivity index (χ0) is 18.4. The average molecular weight is 346 g/mol. The van der Waals surface area contributed by atoms with Crippen LogP contribution in [0.1, 0.15) is 29.6 Å². The second-order valence-electron chi connectivity index (χ2n) is 6.26. The van der Waals surface area contributed by atoms with Gasteiger partial charge in [-0.1, -0.05) is 67.2 Å². The summed E-state index contributed by atoms with van der Waals surface area (Å²) in [7, 11) is 0. The summed E-state index contributed by atoms with van der Waals surface area (Å²) < 4.78 is 7.43. The molecule has 0 atom stereocenters. The van der Waals surface area contributed by atoms with Crippen LogP contribution in [0.3, 0.4) is 0 Å². The summed E-state index contributed by atoms with van der Waals surface area (Å²) >= 11 is 0. The van der Waals surface area contributed by atoms with Crippen molar-refractivity contribution in [2.45, 2.75) is 26.5 Å². The number of carbonyl (C=O) groups is 1. The minimum Gasteiger partial charge on any atom is -0.454 e. The molecule has 4 nitrogen and oxygen atoms in total. The quantitative estimate of drug-likeness (QED) is 0.477. The van der Waals surface area contributed by atoms with E-state index in [-0.39, 0.29) is 6.61 Å². The Morgan fingerprint density at radius 1 is 1.04 bits per heavy atom. The molecule has 26 heavy (non-hydrogen) atoms. The molecule has 0 aliphatic carbocycles. The van der Waals surface area contributed by atoms with E-state index >= 15 is 0 Å². The van der Waals surface area contributed by atoms with Gasteiger partial charge in [0.15, 0.2) is 0 Å². The van der Waals surface area contributed by atoms with Crippen molar-refractivity contribution in [3.63, 3.8) is 0 Å². The lowest BCUT2D eigenvalue weighted by molar-refractivity contribution is -0.140. The number of ether oxygens (including phenoxy) is 1. The predicted molar refractivity (Wildman–Crippen MR) is 102 cm³/mol. The Hall–Kier alpha value is -3.14. The van der Waals surface area contributed by atoms with E-state index in [1.165, 1.54) is 11.1 Å². The number of esters is 1. The molecular formula is C22H22N2O2. The predicted octanol–water partition coefficient (Wildman–Crippen LogP) is 4.14. The van der Waals surface area contributed by atoms with E-state index in [1.54, 1.807) is 6.92 Å². The first-order valence-corrected chi connectivity index (χ1v) is 8.57. The van der Waals surface area contributed by atoms with Crippen LogP contribution in [0.15, 0.2) is 79.0 Å². The van der Waals surface area contributed by atoms with Crippen LogP contribution in [0.4, 0.5) is 0 Å². The molecule has 1 aromatic heterocycles. The Bertz CT molecular complexity index is 883. The molecule has 0 saturated heterocycles. The molecule has 0 fully saturated rings. The molecule has 0 spiro atoms. The van der Waals surface area contributed by atoms with Gasteiger partial charge in [-0.3, -0.25) is 0 Å². The van der Waals surface area contributed by atoms with Crippen LogP contribution < -0.4 is 0 Å². The van der Waals surface area contributed by atoms with E-state index in [0.29, 0.717) is 12.1 Å². The van der Waals surface area contributed by atoms with Crippen LogP contribution in [-0.4, -0.2) is 15.5 Å². The van der Waals surface area contributed by atoms with E-state index in [4.69, 9.17) is 4.74 Å². The maximum absolute atomic E-state index is 11.7. The third-order valence-electron chi connectivity index (χ3n) is 4.11. The molecule has 0 radical (unpaired) electrons. The molecule has 0 aliphatic rings. The third-order valence-corrected chi connectivity index (χ3v) is 4.11. The number of benzene rings is 2. The van der Waals surface area contributed by atoms with Crippen molar-refractivity contribution in [1.82, 2.24) is 9.55 Å². The highest BCUT2D eigenvalue weighted by Crippen LogP contribution is 2.16. The van der Waals surface area contributed by atoms with Crippen molar-refractivity contribution in [3.05, 3.63) is 102 Å². The van der Waals surface area contributed by atoms with Crippen molar-refractivity contribution >= 4 is 5.97 Å². The van der Waals surface area contributed by atoms with Crippen LogP contribution in [0.25, 0.3) is 0 Å². The lowest BCUT2D eigenvalue weighted by Crippen LogP contribution is -2.13. The zero-order valence-corrected chi connectivity index (χ0v) is 14.9.